The van der Waals surface area contributed by atoms with E-state index in [1.807, 2.05) is 45.2 Å². The van der Waals surface area contributed by atoms with Gasteiger partial charge in [-0.25, -0.2) is 4.79 Å². The molecule has 0 saturated carbocycles. The van der Waals surface area contributed by atoms with Crippen LogP contribution in [0.15, 0.2) is 24.3 Å². The molecular weight excluding hydrogens is 202 g/mol. The molecule has 0 fully saturated rings. The highest BCUT2D eigenvalue weighted by Crippen LogP contribution is 2.11. The van der Waals surface area contributed by atoms with Gasteiger partial charge in [0.15, 0.2) is 0 Å². The molecule has 0 aliphatic heterocycles. The van der Waals surface area contributed by atoms with Crippen LogP contribution >= 0.6 is 0 Å². The van der Waals surface area contributed by atoms with Crippen LogP contribution in [0.1, 0.15) is 29.8 Å². The first kappa shape index (κ1) is 12.7. The molecule has 16 heavy (non-hydrogen) atoms. The molecule has 88 valence electrons. The van der Waals surface area contributed by atoms with Crippen LogP contribution in [0.2, 0.25) is 0 Å². The van der Waals surface area contributed by atoms with Crippen molar-refractivity contribution in [1.29, 1.82) is 0 Å². The maximum atomic E-state index is 11.8. The average molecular weight is 221 g/mol. The van der Waals surface area contributed by atoms with Crippen LogP contribution in [0, 0.1) is 0 Å². The zero-order chi connectivity index (χ0) is 12.0. The number of carbonyl (C=O) groups excluding carboxylic acids is 1. The Labute approximate surface area is 96.8 Å². The first-order valence-corrected chi connectivity index (χ1v) is 5.58. The summed E-state index contributed by atoms with van der Waals surface area (Å²) in [5, 5.41) is 3.07. The maximum absolute atomic E-state index is 11.8. The average Bonchev–Trinajstić information content (AvgIpc) is 2.25. The van der Waals surface area contributed by atoms with E-state index in [0.29, 0.717) is 5.56 Å². The second kappa shape index (κ2) is 6.28. The van der Waals surface area contributed by atoms with Crippen LogP contribution in [-0.4, -0.2) is 25.7 Å². The lowest BCUT2D eigenvalue weighted by Gasteiger charge is -2.11. The third kappa shape index (κ3) is 3.66. The molecule has 0 aliphatic carbocycles. The Morgan fingerprint density at radius 2 is 2.06 bits per heavy atom. The van der Waals surface area contributed by atoms with E-state index >= 15 is 0 Å². The van der Waals surface area contributed by atoms with E-state index < -0.39 is 0 Å². The largest absolute Gasteiger partial charge is 0.459 e. The summed E-state index contributed by atoms with van der Waals surface area (Å²) in [4.78, 5) is 11.8. The monoisotopic (exact) mass is 221 g/mol. The molecule has 0 amide bonds. The van der Waals surface area contributed by atoms with Crippen molar-refractivity contribution >= 4 is 5.97 Å². The molecule has 0 bridgehead atoms. The summed E-state index contributed by atoms with van der Waals surface area (Å²) < 4.78 is 5.20. The Kier molecular flexibility index (Phi) is 4.99. The summed E-state index contributed by atoms with van der Waals surface area (Å²) in [6, 6.07) is 7.58. The molecule has 0 spiro atoms. The molecule has 0 unspecified atom stereocenters. The Bertz CT molecular complexity index is 348. The van der Waals surface area contributed by atoms with Crippen molar-refractivity contribution in [2.24, 2.45) is 0 Å². The molecule has 0 radical (unpaired) electrons. The van der Waals surface area contributed by atoms with Crippen LogP contribution in [-0.2, 0) is 11.2 Å². The number of rotatable bonds is 5. The fraction of sp³-hybridized carbons (Fsp3) is 0.462. The molecule has 3 nitrogen and oxygen atoms in total. The molecule has 1 N–H and O–H groups in total. The van der Waals surface area contributed by atoms with Gasteiger partial charge in [0.05, 0.1) is 11.7 Å². The van der Waals surface area contributed by atoms with E-state index in [9.17, 15) is 4.79 Å². The van der Waals surface area contributed by atoms with Crippen molar-refractivity contribution in [1.82, 2.24) is 5.32 Å². The molecule has 0 atom stereocenters. The molecule has 0 aliphatic rings. The molecular formula is C13H19NO2. The smallest absolute Gasteiger partial charge is 0.338 e. The normalized spacial score (nSPS) is 10.5. The zero-order valence-electron chi connectivity index (χ0n) is 10.1. The third-order valence-corrected chi connectivity index (χ3v) is 2.22. The summed E-state index contributed by atoms with van der Waals surface area (Å²) >= 11 is 0. The molecule has 0 heterocycles. The van der Waals surface area contributed by atoms with Gasteiger partial charge in [0.25, 0.3) is 0 Å². The summed E-state index contributed by atoms with van der Waals surface area (Å²) in [5.41, 5.74) is 1.70. The van der Waals surface area contributed by atoms with Gasteiger partial charge in [0.1, 0.15) is 0 Å². The Balaban J connectivity index is 2.81. The van der Waals surface area contributed by atoms with Gasteiger partial charge in [-0.15, -0.1) is 0 Å². The van der Waals surface area contributed by atoms with Crippen molar-refractivity contribution in [2.45, 2.75) is 26.4 Å². The highest BCUT2D eigenvalue weighted by molar-refractivity contribution is 5.91. The zero-order valence-corrected chi connectivity index (χ0v) is 10.1. The lowest BCUT2D eigenvalue weighted by atomic mass is 10.0. The van der Waals surface area contributed by atoms with Crippen molar-refractivity contribution < 1.29 is 9.53 Å². The first-order valence-electron chi connectivity index (χ1n) is 5.58. The van der Waals surface area contributed by atoms with E-state index in [-0.39, 0.29) is 12.1 Å². The van der Waals surface area contributed by atoms with E-state index in [1.54, 1.807) is 0 Å². The van der Waals surface area contributed by atoms with Gasteiger partial charge >= 0.3 is 5.97 Å². The third-order valence-electron chi connectivity index (χ3n) is 2.22. The molecule has 3 heteroatoms. The van der Waals surface area contributed by atoms with E-state index in [1.165, 1.54) is 0 Å². The second-order valence-corrected chi connectivity index (χ2v) is 3.96. The van der Waals surface area contributed by atoms with Gasteiger partial charge in [-0.05, 0) is 45.5 Å². The lowest BCUT2D eigenvalue weighted by Crippen LogP contribution is -2.16. The number of hydrogen-bond donors (Lipinski definition) is 1. The predicted molar refractivity (Wildman–Crippen MR) is 64.6 cm³/mol. The van der Waals surface area contributed by atoms with E-state index in [2.05, 4.69) is 5.32 Å². The number of hydrogen-bond acceptors (Lipinski definition) is 3. The van der Waals surface area contributed by atoms with Crippen LogP contribution in [0.25, 0.3) is 0 Å². The topological polar surface area (TPSA) is 38.3 Å². The minimum atomic E-state index is -0.235. The Hall–Kier alpha value is -1.35. The number of likely N-dealkylation sites (N-methyl/N-ethyl adjacent to an activating group) is 1. The molecule has 1 aromatic rings. The van der Waals surface area contributed by atoms with Crippen LogP contribution < -0.4 is 5.32 Å². The van der Waals surface area contributed by atoms with Crippen molar-refractivity contribution in [3.05, 3.63) is 35.4 Å². The molecule has 0 aromatic heterocycles. The van der Waals surface area contributed by atoms with E-state index in [4.69, 9.17) is 4.74 Å². The number of benzene rings is 1. The first-order chi connectivity index (χ1) is 7.65. The summed E-state index contributed by atoms with van der Waals surface area (Å²) in [6.45, 7) is 4.56. The minimum absolute atomic E-state index is 0.0788. The number of ether oxygens (including phenoxy) is 1. The standard InChI is InChI=1S/C13H19NO2/c1-10(2)16-13(15)12-7-5-4-6-11(12)8-9-14-3/h4-7,10,14H,8-9H2,1-3H3. The van der Waals surface area contributed by atoms with Gasteiger partial charge in [0, 0.05) is 0 Å². The quantitative estimate of drug-likeness (QED) is 0.773. The maximum Gasteiger partial charge on any atom is 0.338 e. The Morgan fingerprint density at radius 3 is 2.69 bits per heavy atom. The van der Waals surface area contributed by atoms with Gasteiger partial charge in [0.2, 0.25) is 0 Å². The number of carbonyl (C=O) groups is 1. The molecule has 0 saturated heterocycles. The summed E-state index contributed by atoms with van der Waals surface area (Å²) in [6.07, 6.45) is 0.754. The van der Waals surface area contributed by atoms with Gasteiger partial charge in [-0.3, -0.25) is 0 Å². The highest BCUT2D eigenvalue weighted by Gasteiger charge is 2.12. The number of nitrogens with one attached hydrogen (secondary N) is 1. The molecule has 1 aromatic carbocycles. The summed E-state index contributed by atoms with van der Waals surface area (Å²) in [7, 11) is 1.90. The van der Waals surface area contributed by atoms with Crippen molar-refractivity contribution in [3.8, 4) is 0 Å². The highest BCUT2D eigenvalue weighted by atomic mass is 16.5. The van der Waals surface area contributed by atoms with E-state index in [0.717, 1.165) is 18.5 Å². The minimum Gasteiger partial charge on any atom is -0.459 e. The SMILES string of the molecule is CNCCc1ccccc1C(=O)OC(C)C. The van der Waals surface area contributed by atoms with Gasteiger partial charge < -0.3 is 10.1 Å². The van der Waals surface area contributed by atoms with Gasteiger partial charge in [-0.2, -0.15) is 0 Å². The second-order valence-electron chi connectivity index (χ2n) is 3.96. The fourth-order valence-electron chi connectivity index (χ4n) is 1.47. The predicted octanol–water partition coefficient (Wildman–Crippen LogP) is 2.01. The number of esters is 1. The van der Waals surface area contributed by atoms with Crippen LogP contribution in [0.5, 0.6) is 0 Å². The summed E-state index contributed by atoms with van der Waals surface area (Å²) in [5.74, 6) is -0.235. The van der Waals surface area contributed by atoms with Gasteiger partial charge in [-0.1, -0.05) is 18.2 Å². The van der Waals surface area contributed by atoms with Crippen molar-refractivity contribution in [2.75, 3.05) is 13.6 Å². The van der Waals surface area contributed by atoms with Crippen LogP contribution in [0.4, 0.5) is 0 Å². The van der Waals surface area contributed by atoms with Crippen molar-refractivity contribution in [3.63, 3.8) is 0 Å². The fourth-order valence-corrected chi connectivity index (χ4v) is 1.47. The molecule has 1 rings (SSSR count). The van der Waals surface area contributed by atoms with Crippen LogP contribution in [0.3, 0.4) is 0 Å². The lowest BCUT2D eigenvalue weighted by molar-refractivity contribution is 0.0376. The Morgan fingerprint density at radius 1 is 1.38 bits per heavy atom.